The number of aryl methyl sites for hydroxylation is 1. The summed E-state index contributed by atoms with van der Waals surface area (Å²) < 4.78 is 21.6. The van der Waals surface area contributed by atoms with Crippen molar-refractivity contribution in [2.45, 2.75) is 45.4 Å². The third-order valence-electron chi connectivity index (χ3n) is 6.92. The molecule has 11 heteroatoms. The maximum Gasteiger partial charge on any atom is 0.343 e. The van der Waals surface area contributed by atoms with E-state index in [9.17, 15) is 9.59 Å². The van der Waals surface area contributed by atoms with Crippen LogP contribution in [0.5, 0.6) is 11.5 Å². The first-order valence-electron chi connectivity index (χ1n) is 14.4. The average Bonchev–Trinajstić information content (AvgIpc) is 3.02. The first kappa shape index (κ1) is 35.6. The van der Waals surface area contributed by atoms with Crippen molar-refractivity contribution in [1.29, 1.82) is 0 Å². The van der Waals surface area contributed by atoms with E-state index in [2.05, 4.69) is 36.1 Å². The van der Waals surface area contributed by atoms with Gasteiger partial charge in [0.1, 0.15) is 11.1 Å². The van der Waals surface area contributed by atoms with Crippen LogP contribution < -0.4 is 14.4 Å². The predicted molar refractivity (Wildman–Crippen MR) is 178 cm³/mol. The summed E-state index contributed by atoms with van der Waals surface area (Å²) in [6.45, 7) is 3.67. The molecule has 44 heavy (non-hydrogen) atoms. The van der Waals surface area contributed by atoms with E-state index in [0.29, 0.717) is 25.9 Å². The summed E-state index contributed by atoms with van der Waals surface area (Å²) in [6, 6.07) is 14.6. The standard InChI is InChI=1S/C33H37Cl4NO6/c1-4-5-6-9-22-10-12-23(13-11-22)38(18-7-20-43-32(39)28-24(34)14-16-26(36)30(28)41-2)19-8-21-44-33(40)29-25(35)15-17-27(37)31(29)42-3/h10-17H,4-9,18-21H2,1-3H3. The van der Waals surface area contributed by atoms with Gasteiger partial charge in [-0.25, -0.2) is 9.59 Å². The first-order chi connectivity index (χ1) is 21.2. The van der Waals surface area contributed by atoms with E-state index in [1.807, 2.05) is 0 Å². The molecule has 0 saturated heterocycles. The van der Waals surface area contributed by atoms with Gasteiger partial charge in [0.15, 0.2) is 11.5 Å². The van der Waals surface area contributed by atoms with Gasteiger partial charge in [-0.1, -0.05) is 78.3 Å². The molecule has 0 aliphatic carbocycles. The lowest BCUT2D eigenvalue weighted by molar-refractivity contribution is 0.0494. The minimum absolute atomic E-state index is 0.0930. The Hall–Kier alpha value is -2.84. The van der Waals surface area contributed by atoms with E-state index in [1.54, 1.807) is 12.1 Å². The number of carbonyl (C=O) groups excluding carboxylic acids is 2. The monoisotopic (exact) mass is 683 g/mol. The van der Waals surface area contributed by atoms with Gasteiger partial charge in [-0.15, -0.1) is 0 Å². The number of anilines is 1. The number of benzene rings is 3. The molecule has 0 radical (unpaired) electrons. The molecule has 0 N–H and O–H groups in total. The molecule has 0 bridgehead atoms. The zero-order valence-corrected chi connectivity index (χ0v) is 28.1. The summed E-state index contributed by atoms with van der Waals surface area (Å²) >= 11 is 24.8. The molecule has 0 amide bonds. The highest BCUT2D eigenvalue weighted by Crippen LogP contribution is 2.35. The van der Waals surface area contributed by atoms with Crippen LogP contribution in [0.2, 0.25) is 20.1 Å². The third-order valence-corrected chi connectivity index (χ3v) is 8.14. The Morgan fingerprint density at radius 1 is 0.636 bits per heavy atom. The molecule has 3 rings (SSSR count). The second-order valence-electron chi connectivity index (χ2n) is 9.96. The lowest BCUT2D eigenvalue weighted by Crippen LogP contribution is -2.28. The molecule has 238 valence electrons. The second-order valence-corrected chi connectivity index (χ2v) is 11.6. The van der Waals surface area contributed by atoms with E-state index in [1.165, 1.54) is 44.8 Å². The molecule has 0 aromatic heterocycles. The largest absolute Gasteiger partial charge is 0.494 e. The van der Waals surface area contributed by atoms with Crippen LogP contribution in [0.25, 0.3) is 0 Å². The molecule has 0 heterocycles. The van der Waals surface area contributed by atoms with Crippen molar-refractivity contribution in [3.63, 3.8) is 0 Å². The lowest BCUT2D eigenvalue weighted by atomic mass is 10.1. The van der Waals surface area contributed by atoms with Crippen molar-refractivity contribution >= 4 is 64.0 Å². The van der Waals surface area contributed by atoms with Crippen LogP contribution in [0, 0.1) is 0 Å². The Balaban J connectivity index is 1.62. The first-order valence-corrected chi connectivity index (χ1v) is 15.9. The minimum atomic E-state index is -0.612. The number of ether oxygens (including phenoxy) is 4. The van der Waals surface area contributed by atoms with Crippen LogP contribution in [0.4, 0.5) is 5.69 Å². The van der Waals surface area contributed by atoms with E-state index in [4.69, 9.17) is 65.4 Å². The van der Waals surface area contributed by atoms with Crippen molar-refractivity contribution in [2.75, 3.05) is 45.4 Å². The molecule has 0 spiro atoms. The number of unbranched alkanes of at least 4 members (excludes halogenated alkanes) is 2. The second kappa shape index (κ2) is 18.2. The number of halogens is 4. The number of hydrogen-bond donors (Lipinski definition) is 0. The zero-order valence-electron chi connectivity index (χ0n) is 25.1. The highest BCUT2D eigenvalue weighted by atomic mass is 35.5. The number of esters is 2. The molecule has 3 aromatic carbocycles. The maximum absolute atomic E-state index is 12.8. The summed E-state index contributed by atoms with van der Waals surface area (Å²) in [4.78, 5) is 27.8. The molecule has 0 atom stereocenters. The fourth-order valence-electron chi connectivity index (χ4n) is 4.65. The number of rotatable bonds is 17. The highest BCUT2D eigenvalue weighted by Gasteiger charge is 2.22. The van der Waals surface area contributed by atoms with Gasteiger partial charge in [-0.3, -0.25) is 0 Å². The molecule has 0 saturated carbocycles. The molecule has 0 aliphatic heterocycles. The van der Waals surface area contributed by atoms with Gasteiger partial charge < -0.3 is 23.8 Å². The summed E-state index contributed by atoms with van der Waals surface area (Å²) in [7, 11) is 2.83. The Morgan fingerprint density at radius 3 is 1.52 bits per heavy atom. The lowest BCUT2D eigenvalue weighted by Gasteiger charge is -2.25. The Kier molecular flexibility index (Phi) is 14.7. The SMILES string of the molecule is CCCCCc1ccc(N(CCCOC(=O)c2c(Cl)ccc(Cl)c2OC)CCCOC(=O)c2c(Cl)ccc(Cl)c2OC)cc1. The van der Waals surface area contributed by atoms with Gasteiger partial charge in [0.2, 0.25) is 0 Å². The van der Waals surface area contributed by atoms with Crippen molar-refractivity contribution < 1.29 is 28.5 Å². The van der Waals surface area contributed by atoms with E-state index in [0.717, 1.165) is 18.5 Å². The fraction of sp³-hybridized carbons (Fsp3) is 0.394. The Morgan fingerprint density at radius 2 is 1.09 bits per heavy atom. The molecule has 7 nitrogen and oxygen atoms in total. The average molecular weight is 685 g/mol. The maximum atomic E-state index is 12.8. The van der Waals surface area contributed by atoms with Crippen LogP contribution in [-0.2, 0) is 15.9 Å². The summed E-state index contributed by atoms with van der Waals surface area (Å²) in [5.41, 5.74) is 2.48. The number of carbonyl (C=O) groups is 2. The topological polar surface area (TPSA) is 74.3 Å². The Labute approximate surface area is 279 Å². The van der Waals surface area contributed by atoms with Gasteiger partial charge in [-0.05, 0) is 67.6 Å². The number of nitrogens with zero attached hydrogens (tertiary/aromatic N) is 1. The van der Waals surface area contributed by atoms with Gasteiger partial charge in [0.25, 0.3) is 0 Å². The van der Waals surface area contributed by atoms with Crippen molar-refractivity contribution in [3.05, 3.63) is 85.3 Å². The normalized spacial score (nSPS) is 10.8. The molecule has 3 aromatic rings. The molecule has 0 aliphatic rings. The quantitative estimate of drug-likeness (QED) is 0.104. The Bertz CT molecular complexity index is 1320. The summed E-state index contributed by atoms with van der Waals surface area (Å²) in [6.07, 6.45) is 5.64. The van der Waals surface area contributed by atoms with Crippen LogP contribution in [0.1, 0.15) is 65.3 Å². The van der Waals surface area contributed by atoms with Gasteiger partial charge in [0.05, 0.1) is 47.5 Å². The fourth-order valence-corrected chi connectivity index (χ4v) is 5.57. The van der Waals surface area contributed by atoms with Crippen molar-refractivity contribution in [1.82, 2.24) is 0 Å². The van der Waals surface area contributed by atoms with Crippen LogP contribution in [0.3, 0.4) is 0 Å². The van der Waals surface area contributed by atoms with Crippen molar-refractivity contribution in [2.24, 2.45) is 0 Å². The summed E-state index contributed by atoms with van der Waals surface area (Å²) in [5.74, 6) is -0.870. The van der Waals surface area contributed by atoms with Crippen LogP contribution in [-0.4, -0.2) is 52.5 Å². The van der Waals surface area contributed by atoms with Gasteiger partial charge in [-0.2, -0.15) is 0 Å². The van der Waals surface area contributed by atoms with Gasteiger partial charge >= 0.3 is 11.9 Å². The molecule has 0 fully saturated rings. The third kappa shape index (κ3) is 9.83. The number of methoxy groups -OCH3 is 2. The molecular formula is C33H37Cl4NO6. The van der Waals surface area contributed by atoms with Crippen LogP contribution >= 0.6 is 46.4 Å². The molecular weight excluding hydrogens is 648 g/mol. The van der Waals surface area contributed by atoms with E-state index in [-0.39, 0.29) is 55.9 Å². The highest BCUT2D eigenvalue weighted by molar-refractivity contribution is 6.37. The molecule has 0 unspecified atom stereocenters. The van der Waals surface area contributed by atoms with Crippen molar-refractivity contribution in [3.8, 4) is 11.5 Å². The minimum Gasteiger partial charge on any atom is -0.494 e. The zero-order chi connectivity index (χ0) is 32.1. The number of hydrogen-bond acceptors (Lipinski definition) is 7. The van der Waals surface area contributed by atoms with E-state index < -0.39 is 11.9 Å². The van der Waals surface area contributed by atoms with Gasteiger partial charge in [0, 0.05) is 18.8 Å². The van der Waals surface area contributed by atoms with Crippen LogP contribution in [0.15, 0.2) is 48.5 Å². The summed E-state index contributed by atoms with van der Waals surface area (Å²) in [5, 5.41) is 0.932. The smallest absolute Gasteiger partial charge is 0.343 e. The van der Waals surface area contributed by atoms with E-state index >= 15 is 0 Å². The predicted octanol–water partition coefficient (Wildman–Crippen LogP) is 9.35.